The van der Waals surface area contributed by atoms with E-state index in [1.165, 1.54) is 0 Å². The number of hydrogen-bond acceptors (Lipinski definition) is 3. The van der Waals surface area contributed by atoms with E-state index < -0.39 is 0 Å². The molecule has 1 aromatic rings. The van der Waals surface area contributed by atoms with Crippen molar-refractivity contribution >= 4 is 11.5 Å². The van der Waals surface area contributed by atoms with Gasteiger partial charge in [-0.25, -0.2) is 9.98 Å². The molecule has 0 atom stereocenters. The molecule has 1 rings (SSSR count). The lowest BCUT2D eigenvalue weighted by atomic mass is 9.93. The zero-order valence-corrected chi connectivity index (χ0v) is 14.8. The number of aliphatic imine (C=N–C) groups is 1. The van der Waals surface area contributed by atoms with Crippen molar-refractivity contribution in [1.29, 1.82) is 0 Å². The van der Waals surface area contributed by atoms with Crippen LogP contribution in [0.3, 0.4) is 0 Å². The van der Waals surface area contributed by atoms with Crippen LogP contribution in [0.2, 0.25) is 0 Å². The number of aryl methyl sites for hydroxylation is 1. The highest BCUT2D eigenvalue weighted by Crippen LogP contribution is 2.21. The van der Waals surface area contributed by atoms with Crippen molar-refractivity contribution in [2.75, 3.05) is 0 Å². The first-order valence-corrected chi connectivity index (χ1v) is 7.83. The Kier molecular flexibility index (Phi) is 7.20. The summed E-state index contributed by atoms with van der Waals surface area (Å²) in [6.07, 6.45) is 7.66. The van der Waals surface area contributed by atoms with E-state index in [-0.39, 0.29) is 5.92 Å². The van der Waals surface area contributed by atoms with Crippen molar-refractivity contribution in [2.24, 2.45) is 16.6 Å². The summed E-state index contributed by atoms with van der Waals surface area (Å²) >= 11 is 0. The van der Waals surface area contributed by atoms with E-state index in [2.05, 4.69) is 25.4 Å². The van der Waals surface area contributed by atoms with E-state index in [1.54, 1.807) is 6.20 Å². The van der Waals surface area contributed by atoms with Crippen molar-refractivity contribution in [1.82, 2.24) is 4.98 Å². The van der Waals surface area contributed by atoms with E-state index in [4.69, 9.17) is 10.7 Å². The Morgan fingerprint density at radius 2 is 2.00 bits per heavy atom. The fraction of sp³-hybridized carbons (Fsp3) is 0.300. The Labute approximate surface area is 140 Å². The molecule has 1 aromatic heterocycles. The molecule has 0 aliphatic heterocycles. The SMILES string of the molecule is C=C(C)/C=C\C(=C/C)C(=Nc1cccc(C)n1)C(=CN)C(C)C. The quantitative estimate of drug-likeness (QED) is 0.591. The van der Waals surface area contributed by atoms with Crippen molar-refractivity contribution in [3.05, 3.63) is 71.6 Å². The second-order valence-electron chi connectivity index (χ2n) is 5.80. The van der Waals surface area contributed by atoms with Gasteiger partial charge >= 0.3 is 0 Å². The van der Waals surface area contributed by atoms with Crippen LogP contribution in [-0.2, 0) is 0 Å². The predicted octanol–water partition coefficient (Wildman–Crippen LogP) is 5.04. The first-order chi connectivity index (χ1) is 10.9. The average molecular weight is 309 g/mol. The molecular weight excluding hydrogens is 282 g/mol. The number of nitrogens with two attached hydrogens (primary N) is 1. The molecule has 0 amide bonds. The van der Waals surface area contributed by atoms with Gasteiger partial charge < -0.3 is 5.73 Å². The molecule has 0 radical (unpaired) electrons. The highest BCUT2D eigenvalue weighted by Gasteiger charge is 2.14. The standard InChI is InChI=1S/C20H27N3/c1-7-17(12-11-14(2)3)20(18(13-21)15(4)5)23-19-10-8-9-16(6)22-19/h7-13,15H,2,21H2,1,3-6H3/b12-11-,17-7+,18-13?,23-20?. The van der Waals surface area contributed by atoms with Gasteiger partial charge in [0.2, 0.25) is 0 Å². The first-order valence-electron chi connectivity index (χ1n) is 7.83. The van der Waals surface area contributed by atoms with Gasteiger partial charge in [-0.05, 0) is 56.2 Å². The van der Waals surface area contributed by atoms with Crippen LogP contribution >= 0.6 is 0 Å². The molecule has 0 aliphatic rings. The molecule has 23 heavy (non-hydrogen) atoms. The van der Waals surface area contributed by atoms with Gasteiger partial charge in [0.15, 0.2) is 5.82 Å². The maximum atomic E-state index is 5.87. The minimum absolute atomic E-state index is 0.261. The number of nitrogens with zero attached hydrogens (tertiary/aromatic N) is 2. The van der Waals surface area contributed by atoms with Gasteiger partial charge in [-0.15, -0.1) is 0 Å². The van der Waals surface area contributed by atoms with Crippen molar-refractivity contribution in [2.45, 2.75) is 34.6 Å². The Morgan fingerprint density at radius 3 is 2.48 bits per heavy atom. The maximum Gasteiger partial charge on any atom is 0.152 e. The van der Waals surface area contributed by atoms with Crippen LogP contribution in [0.4, 0.5) is 5.82 Å². The summed E-state index contributed by atoms with van der Waals surface area (Å²) in [5.41, 5.74) is 10.6. The van der Waals surface area contributed by atoms with E-state index in [0.717, 1.165) is 28.1 Å². The Morgan fingerprint density at radius 1 is 1.30 bits per heavy atom. The average Bonchev–Trinajstić information content (AvgIpc) is 2.47. The zero-order valence-electron chi connectivity index (χ0n) is 14.8. The summed E-state index contributed by atoms with van der Waals surface area (Å²) in [5.74, 6) is 0.944. The van der Waals surface area contributed by atoms with E-state index in [0.29, 0.717) is 5.82 Å². The molecule has 0 bridgehead atoms. The van der Waals surface area contributed by atoms with Crippen LogP contribution < -0.4 is 5.73 Å². The number of pyridine rings is 1. The molecule has 0 aromatic carbocycles. The highest BCUT2D eigenvalue weighted by molar-refractivity contribution is 6.15. The molecule has 1 heterocycles. The van der Waals surface area contributed by atoms with E-state index in [1.807, 2.05) is 57.2 Å². The van der Waals surface area contributed by atoms with Crippen molar-refractivity contribution < 1.29 is 0 Å². The predicted molar refractivity (Wildman–Crippen MR) is 101 cm³/mol. The number of allylic oxidation sites excluding steroid dienone is 6. The van der Waals surface area contributed by atoms with Crippen molar-refractivity contribution in [3.63, 3.8) is 0 Å². The molecule has 122 valence electrons. The van der Waals surface area contributed by atoms with Crippen LogP contribution in [0.15, 0.2) is 70.9 Å². The molecule has 0 unspecified atom stereocenters. The molecule has 0 fully saturated rings. The van der Waals surface area contributed by atoms with E-state index >= 15 is 0 Å². The van der Waals surface area contributed by atoms with Gasteiger partial charge in [0.05, 0.1) is 5.71 Å². The summed E-state index contributed by atoms with van der Waals surface area (Å²) in [6, 6.07) is 5.81. The number of rotatable bonds is 6. The van der Waals surface area contributed by atoms with Crippen LogP contribution in [0.25, 0.3) is 0 Å². The summed E-state index contributed by atoms with van der Waals surface area (Å²) in [6.45, 7) is 14.0. The second kappa shape index (κ2) is 8.89. The highest BCUT2D eigenvalue weighted by atomic mass is 14.9. The molecule has 0 aliphatic carbocycles. The molecular formula is C20H27N3. The monoisotopic (exact) mass is 309 g/mol. The van der Waals surface area contributed by atoms with Gasteiger partial charge in [-0.1, -0.05) is 50.3 Å². The largest absolute Gasteiger partial charge is 0.404 e. The lowest BCUT2D eigenvalue weighted by Crippen LogP contribution is -2.13. The molecule has 0 spiro atoms. The second-order valence-corrected chi connectivity index (χ2v) is 5.80. The maximum absolute atomic E-state index is 5.87. The third kappa shape index (κ3) is 5.70. The summed E-state index contributed by atoms with van der Waals surface area (Å²) in [5, 5.41) is 0. The van der Waals surface area contributed by atoms with E-state index in [9.17, 15) is 0 Å². The molecule has 0 saturated carbocycles. The van der Waals surface area contributed by atoms with Gasteiger partial charge in [-0.2, -0.15) is 0 Å². The van der Waals surface area contributed by atoms with Crippen LogP contribution in [-0.4, -0.2) is 10.7 Å². The fourth-order valence-electron chi connectivity index (χ4n) is 2.09. The molecule has 0 saturated heterocycles. The van der Waals surface area contributed by atoms with Gasteiger partial charge in [0.1, 0.15) is 0 Å². The lowest BCUT2D eigenvalue weighted by molar-refractivity contribution is 0.799. The first kappa shape index (κ1) is 18.6. The smallest absolute Gasteiger partial charge is 0.152 e. The third-order valence-electron chi connectivity index (χ3n) is 3.31. The zero-order chi connectivity index (χ0) is 17.4. The Hall–Kier alpha value is -2.42. The minimum Gasteiger partial charge on any atom is -0.404 e. The number of hydrogen-bond donors (Lipinski definition) is 1. The van der Waals surface area contributed by atoms with Crippen molar-refractivity contribution in [3.8, 4) is 0 Å². The van der Waals surface area contributed by atoms with Crippen LogP contribution in [0.1, 0.15) is 33.4 Å². The van der Waals surface area contributed by atoms with Gasteiger partial charge in [0, 0.05) is 5.69 Å². The topological polar surface area (TPSA) is 51.3 Å². The summed E-state index contributed by atoms with van der Waals surface area (Å²) in [7, 11) is 0. The Bertz CT molecular complexity index is 674. The lowest BCUT2D eigenvalue weighted by Gasteiger charge is -2.15. The molecule has 3 nitrogen and oxygen atoms in total. The fourth-order valence-corrected chi connectivity index (χ4v) is 2.09. The van der Waals surface area contributed by atoms with Crippen LogP contribution in [0, 0.1) is 12.8 Å². The molecule has 2 N–H and O–H groups in total. The molecule has 3 heteroatoms. The third-order valence-corrected chi connectivity index (χ3v) is 3.31. The minimum atomic E-state index is 0.261. The van der Waals surface area contributed by atoms with Crippen LogP contribution in [0.5, 0.6) is 0 Å². The summed E-state index contributed by atoms with van der Waals surface area (Å²) < 4.78 is 0. The van der Waals surface area contributed by atoms with Gasteiger partial charge in [-0.3, -0.25) is 0 Å². The Balaban J connectivity index is 3.46. The number of aromatic nitrogens is 1. The normalized spacial score (nSPS) is 13.9. The van der Waals surface area contributed by atoms with Gasteiger partial charge in [0.25, 0.3) is 0 Å². The summed E-state index contributed by atoms with van der Waals surface area (Å²) in [4.78, 5) is 9.25.